The molecule has 2 rings (SSSR count). The summed E-state index contributed by atoms with van der Waals surface area (Å²) >= 11 is 18.0. The number of hydrogen-bond donors (Lipinski definition) is 0. The Balaban J connectivity index is 2.31. The lowest BCUT2D eigenvalue weighted by atomic mass is 10.3. The lowest BCUT2D eigenvalue weighted by Crippen LogP contribution is -1.95. The Morgan fingerprint density at radius 2 is 1.65 bits per heavy atom. The smallest absolute Gasteiger partial charge is 0.327 e. The minimum absolute atomic E-state index is 0.0202. The number of hydrogen-bond acceptors (Lipinski definition) is 4. The summed E-state index contributed by atoms with van der Waals surface area (Å²) < 4.78 is 7.10. The van der Waals surface area contributed by atoms with Crippen LogP contribution in [0.25, 0.3) is 0 Å². The Kier molecular flexibility index (Phi) is 4.19. The van der Waals surface area contributed by atoms with Gasteiger partial charge in [-0.15, -0.1) is 0 Å². The zero-order valence-corrected chi connectivity index (χ0v) is 12.7. The molecule has 17 heavy (non-hydrogen) atoms. The molecule has 0 atom stereocenters. The van der Waals surface area contributed by atoms with E-state index in [1.165, 1.54) is 0 Å². The van der Waals surface area contributed by atoms with Crippen LogP contribution in [0.1, 0.15) is 0 Å². The Morgan fingerprint density at radius 1 is 1.00 bits per heavy atom. The zero-order chi connectivity index (χ0) is 12.4. The van der Waals surface area contributed by atoms with Crippen LogP contribution < -0.4 is 4.74 Å². The van der Waals surface area contributed by atoms with Crippen molar-refractivity contribution in [1.29, 1.82) is 0 Å². The van der Waals surface area contributed by atoms with Crippen molar-refractivity contribution in [2.24, 2.45) is 0 Å². The summed E-state index contributed by atoms with van der Waals surface area (Å²) in [6.07, 6.45) is 0. The minimum Gasteiger partial charge on any atom is -0.423 e. The molecule has 4 nitrogen and oxygen atoms in total. The highest BCUT2D eigenvalue weighted by Gasteiger charge is 2.08. The van der Waals surface area contributed by atoms with Crippen LogP contribution >= 0.6 is 55.1 Å². The van der Waals surface area contributed by atoms with E-state index in [0.717, 1.165) is 8.95 Å². The van der Waals surface area contributed by atoms with Crippen molar-refractivity contribution in [2.45, 2.75) is 0 Å². The van der Waals surface area contributed by atoms with Crippen molar-refractivity contribution in [2.75, 3.05) is 0 Å². The predicted octanol–water partition coefficient (Wildman–Crippen LogP) is 4.50. The van der Waals surface area contributed by atoms with Crippen molar-refractivity contribution >= 4 is 55.1 Å². The molecule has 0 bridgehead atoms. The quantitative estimate of drug-likeness (QED) is 0.746. The third-order valence-electron chi connectivity index (χ3n) is 1.66. The molecule has 1 aromatic carbocycles. The molecular formula is C9H3Br2Cl2N3O. The molecule has 0 aliphatic heterocycles. The highest BCUT2D eigenvalue weighted by Crippen LogP contribution is 2.31. The second-order valence-corrected chi connectivity index (χ2v) is 5.28. The van der Waals surface area contributed by atoms with Gasteiger partial charge in [-0.1, -0.05) is 15.9 Å². The summed E-state index contributed by atoms with van der Waals surface area (Å²) in [7, 11) is 0. The van der Waals surface area contributed by atoms with Crippen LogP contribution in [0.15, 0.2) is 27.1 Å². The summed E-state index contributed by atoms with van der Waals surface area (Å²) in [4.78, 5) is 11.2. The molecule has 88 valence electrons. The Labute approximate surface area is 124 Å². The molecule has 0 radical (unpaired) electrons. The molecule has 8 heteroatoms. The summed E-state index contributed by atoms with van der Waals surface area (Å²) in [5, 5.41) is -0.0403. The normalized spacial score (nSPS) is 10.4. The number of benzene rings is 1. The van der Waals surface area contributed by atoms with Gasteiger partial charge < -0.3 is 4.74 Å². The number of aromatic nitrogens is 3. The van der Waals surface area contributed by atoms with E-state index in [-0.39, 0.29) is 16.6 Å². The Hall–Kier alpha value is -0.430. The van der Waals surface area contributed by atoms with Crippen molar-refractivity contribution in [3.63, 3.8) is 0 Å². The van der Waals surface area contributed by atoms with Gasteiger partial charge >= 0.3 is 6.01 Å². The zero-order valence-electron chi connectivity index (χ0n) is 7.99. The molecule has 0 N–H and O–H groups in total. The van der Waals surface area contributed by atoms with Crippen molar-refractivity contribution in [3.05, 3.63) is 37.7 Å². The number of rotatable bonds is 2. The lowest BCUT2D eigenvalue weighted by Gasteiger charge is -2.06. The SMILES string of the molecule is Clc1nc(Cl)nc(Oc2ccc(Br)cc2Br)n1. The summed E-state index contributed by atoms with van der Waals surface area (Å²) in [6.45, 7) is 0. The third kappa shape index (κ3) is 3.51. The van der Waals surface area contributed by atoms with Crippen molar-refractivity contribution in [3.8, 4) is 11.8 Å². The predicted molar refractivity (Wildman–Crippen MR) is 71.8 cm³/mol. The van der Waals surface area contributed by atoms with E-state index in [9.17, 15) is 0 Å². The maximum absolute atomic E-state index is 5.64. The first kappa shape index (κ1) is 13.0. The minimum atomic E-state index is -0.0202. The van der Waals surface area contributed by atoms with Gasteiger partial charge in [-0.3, -0.25) is 0 Å². The lowest BCUT2D eigenvalue weighted by molar-refractivity contribution is 0.437. The van der Waals surface area contributed by atoms with Crippen molar-refractivity contribution < 1.29 is 4.74 Å². The number of halogens is 4. The summed E-state index contributed by atoms with van der Waals surface area (Å²) in [5.74, 6) is 0.548. The Bertz CT molecular complexity index is 548. The molecule has 0 aliphatic carbocycles. The van der Waals surface area contributed by atoms with Crippen LogP contribution in [0.5, 0.6) is 11.8 Å². The van der Waals surface area contributed by atoms with Crippen LogP contribution in [0.2, 0.25) is 10.6 Å². The monoisotopic (exact) mass is 397 g/mol. The fourth-order valence-corrected chi connectivity index (χ4v) is 2.49. The molecular weight excluding hydrogens is 397 g/mol. The molecule has 1 heterocycles. The van der Waals surface area contributed by atoms with Gasteiger partial charge in [0.15, 0.2) is 0 Å². The standard InChI is InChI=1S/C9H3Br2Cl2N3O/c10-4-1-2-6(5(11)3-4)17-9-15-7(12)14-8(13)16-9/h1-3H. The molecule has 0 amide bonds. The van der Waals surface area contributed by atoms with Gasteiger partial charge in [0.2, 0.25) is 10.6 Å². The van der Waals surface area contributed by atoms with E-state index in [2.05, 4.69) is 46.8 Å². The first-order chi connectivity index (χ1) is 8.04. The molecule has 0 saturated heterocycles. The average molecular weight is 400 g/mol. The highest BCUT2D eigenvalue weighted by molar-refractivity contribution is 9.11. The highest BCUT2D eigenvalue weighted by atomic mass is 79.9. The van der Waals surface area contributed by atoms with E-state index in [4.69, 9.17) is 27.9 Å². The van der Waals surface area contributed by atoms with Crippen LogP contribution in [0, 0.1) is 0 Å². The van der Waals surface area contributed by atoms with Gasteiger partial charge in [-0.25, -0.2) is 0 Å². The molecule has 0 fully saturated rings. The van der Waals surface area contributed by atoms with E-state index < -0.39 is 0 Å². The summed E-state index contributed by atoms with van der Waals surface area (Å²) in [6, 6.07) is 5.45. The van der Waals surface area contributed by atoms with E-state index in [1.54, 1.807) is 6.07 Å². The summed E-state index contributed by atoms with van der Waals surface area (Å²) in [5.41, 5.74) is 0. The topological polar surface area (TPSA) is 47.9 Å². The first-order valence-corrected chi connectivity index (χ1v) is 6.59. The molecule has 0 spiro atoms. The van der Waals surface area contributed by atoms with Gasteiger partial charge in [0, 0.05) is 4.47 Å². The van der Waals surface area contributed by atoms with Gasteiger partial charge in [0.1, 0.15) is 5.75 Å². The first-order valence-electron chi connectivity index (χ1n) is 4.24. The van der Waals surface area contributed by atoms with Gasteiger partial charge in [-0.05, 0) is 57.3 Å². The van der Waals surface area contributed by atoms with Gasteiger partial charge in [0.05, 0.1) is 4.47 Å². The third-order valence-corrected chi connectivity index (χ3v) is 3.11. The largest absolute Gasteiger partial charge is 0.423 e. The maximum atomic E-state index is 5.64. The Morgan fingerprint density at radius 3 is 2.24 bits per heavy atom. The molecule has 2 aromatic rings. The van der Waals surface area contributed by atoms with E-state index >= 15 is 0 Å². The van der Waals surface area contributed by atoms with Crippen LogP contribution in [0.4, 0.5) is 0 Å². The van der Waals surface area contributed by atoms with Crippen LogP contribution in [-0.4, -0.2) is 15.0 Å². The van der Waals surface area contributed by atoms with Crippen molar-refractivity contribution in [1.82, 2.24) is 15.0 Å². The van der Waals surface area contributed by atoms with E-state index in [1.807, 2.05) is 12.1 Å². The van der Waals surface area contributed by atoms with Gasteiger partial charge in [0.25, 0.3) is 0 Å². The molecule has 0 aliphatic rings. The fraction of sp³-hybridized carbons (Fsp3) is 0. The number of nitrogens with zero attached hydrogens (tertiary/aromatic N) is 3. The molecule has 0 saturated carbocycles. The fourth-order valence-electron chi connectivity index (χ4n) is 1.01. The number of ether oxygens (including phenoxy) is 1. The van der Waals surface area contributed by atoms with E-state index in [0.29, 0.717) is 5.75 Å². The second kappa shape index (κ2) is 5.48. The van der Waals surface area contributed by atoms with Crippen LogP contribution in [0.3, 0.4) is 0 Å². The average Bonchev–Trinajstić information content (AvgIpc) is 2.21. The molecule has 0 unspecified atom stereocenters. The van der Waals surface area contributed by atoms with Crippen LogP contribution in [-0.2, 0) is 0 Å². The maximum Gasteiger partial charge on any atom is 0.327 e. The molecule has 1 aromatic heterocycles. The second-order valence-electron chi connectivity index (χ2n) is 2.83. The van der Waals surface area contributed by atoms with Gasteiger partial charge in [-0.2, -0.15) is 15.0 Å².